The molecule has 0 aliphatic carbocycles. The van der Waals surface area contributed by atoms with Crippen molar-refractivity contribution in [1.82, 2.24) is 0 Å². The molecule has 0 bridgehead atoms. The van der Waals surface area contributed by atoms with Crippen LogP contribution in [0.3, 0.4) is 0 Å². The van der Waals surface area contributed by atoms with E-state index in [9.17, 15) is 0 Å². The fourth-order valence-corrected chi connectivity index (χ4v) is 6.69. The lowest BCUT2D eigenvalue weighted by molar-refractivity contribution is 1.56. The molecule has 3 heteroatoms. The minimum Gasteiger partial charge on any atom is -0.0656 e. The molecule has 0 N–H and O–H groups in total. The summed E-state index contributed by atoms with van der Waals surface area (Å²) in [6.45, 7) is 14.4. The zero-order chi connectivity index (χ0) is 23.8. The topological polar surface area (TPSA) is 0 Å². The Bertz CT molecular complexity index is 1170. The summed E-state index contributed by atoms with van der Waals surface area (Å²) < 4.78 is 1.10. The lowest BCUT2D eigenvalue weighted by atomic mass is 9.93. The monoisotopic (exact) mass is 528 g/mol. The zero-order valence-corrected chi connectivity index (χ0v) is 24.1. The van der Waals surface area contributed by atoms with Crippen LogP contribution in [-0.4, -0.2) is 16.1 Å². The fourth-order valence-electron chi connectivity index (χ4n) is 4.10. The van der Waals surface area contributed by atoms with Crippen molar-refractivity contribution in [3.63, 3.8) is 0 Å². The van der Waals surface area contributed by atoms with Crippen molar-refractivity contribution in [1.29, 1.82) is 0 Å². The van der Waals surface area contributed by atoms with E-state index >= 15 is 0 Å². The smallest absolute Gasteiger partial charge is 0.0656 e. The van der Waals surface area contributed by atoms with Crippen LogP contribution >= 0.6 is 15.9 Å². The highest BCUT2D eigenvalue weighted by molar-refractivity contribution is 9.10. The van der Waals surface area contributed by atoms with Crippen molar-refractivity contribution in [3.05, 3.63) is 95.5 Å². The van der Waals surface area contributed by atoms with Gasteiger partial charge >= 0.3 is 0 Å². The van der Waals surface area contributed by atoms with Gasteiger partial charge in [-0.1, -0.05) is 126 Å². The van der Waals surface area contributed by atoms with E-state index in [-0.39, 0.29) is 0 Å². The van der Waals surface area contributed by atoms with Crippen LogP contribution in [0.15, 0.2) is 95.5 Å². The molecule has 0 nitrogen and oxygen atoms in total. The molecule has 0 fully saturated rings. The van der Waals surface area contributed by atoms with Crippen molar-refractivity contribution in [2.24, 2.45) is 0 Å². The standard InChI is InChI=1S/C30H33BrSi2/c1-32(2,3)29-15-9-23(10-16-29)26-19-25(22-7-13-28(31)14-8-22)20-27(21-26)24-11-17-30(18-12-24)33(4,5)6/h7-21H,1-6H3. The quantitative estimate of drug-likeness (QED) is 0.227. The Morgan fingerprint density at radius 3 is 0.939 bits per heavy atom. The summed E-state index contributed by atoms with van der Waals surface area (Å²) in [6.07, 6.45) is 0. The SMILES string of the molecule is C[Si](C)(C)c1ccc(-c2cc(-c3ccc(Br)cc3)cc(-c3ccc([Si](C)(C)C)cc3)c2)cc1. The average molecular weight is 530 g/mol. The lowest BCUT2D eigenvalue weighted by Crippen LogP contribution is -2.37. The number of rotatable bonds is 5. The predicted octanol–water partition coefficient (Wildman–Crippen LogP) is 8.54. The van der Waals surface area contributed by atoms with Crippen molar-refractivity contribution in [3.8, 4) is 33.4 Å². The van der Waals surface area contributed by atoms with Gasteiger partial charge in [0.15, 0.2) is 0 Å². The third-order valence-corrected chi connectivity index (χ3v) is 10.9. The third kappa shape index (κ3) is 5.66. The van der Waals surface area contributed by atoms with E-state index in [1.54, 1.807) is 0 Å². The van der Waals surface area contributed by atoms with Gasteiger partial charge in [-0.3, -0.25) is 0 Å². The first-order chi connectivity index (χ1) is 15.5. The van der Waals surface area contributed by atoms with Crippen LogP contribution in [0.25, 0.3) is 33.4 Å². The molecule has 0 amide bonds. The number of benzene rings is 4. The summed E-state index contributed by atoms with van der Waals surface area (Å²) in [7, 11) is -2.62. The van der Waals surface area contributed by atoms with Gasteiger partial charge in [0.1, 0.15) is 0 Å². The molecule has 4 aromatic carbocycles. The second-order valence-corrected chi connectivity index (χ2v) is 22.0. The maximum atomic E-state index is 3.57. The summed E-state index contributed by atoms with van der Waals surface area (Å²) in [5, 5.41) is 3.00. The molecule has 0 heterocycles. The second-order valence-electron chi connectivity index (χ2n) is 11.0. The van der Waals surface area contributed by atoms with Gasteiger partial charge in [-0.2, -0.15) is 0 Å². The van der Waals surface area contributed by atoms with E-state index in [1.807, 2.05) is 0 Å². The molecule has 0 aromatic heterocycles. The first kappa shape index (κ1) is 23.9. The molecule has 0 radical (unpaired) electrons. The van der Waals surface area contributed by atoms with Gasteiger partial charge in [0, 0.05) is 4.47 Å². The Morgan fingerprint density at radius 2 is 0.667 bits per heavy atom. The summed E-state index contributed by atoms with van der Waals surface area (Å²) in [5.74, 6) is 0. The molecule has 0 spiro atoms. The Labute approximate surface area is 209 Å². The van der Waals surface area contributed by atoms with Crippen LogP contribution in [-0.2, 0) is 0 Å². The van der Waals surface area contributed by atoms with Gasteiger partial charge in [0.25, 0.3) is 0 Å². The number of halogens is 1. The molecule has 0 saturated heterocycles. The zero-order valence-electron chi connectivity index (χ0n) is 20.5. The van der Waals surface area contributed by atoms with Crippen LogP contribution in [0, 0.1) is 0 Å². The van der Waals surface area contributed by atoms with Crippen LogP contribution < -0.4 is 10.4 Å². The van der Waals surface area contributed by atoms with Crippen LogP contribution in [0.2, 0.25) is 39.3 Å². The molecule has 33 heavy (non-hydrogen) atoms. The summed E-state index contributed by atoms with van der Waals surface area (Å²) in [4.78, 5) is 0. The highest BCUT2D eigenvalue weighted by Crippen LogP contribution is 2.33. The van der Waals surface area contributed by atoms with E-state index < -0.39 is 16.1 Å². The number of hydrogen-bond acceptors (Lipinski definition) is 0. The van der Waals surface area contributed by atoms with Gasteiger partial charge in [-0.05, 0) is 63.7 Å². The second kappa shape index (κ2) is 9.21. The minimum absolute atomic E-state index is 1.10. The van der Waals surface area contributed by atoms with Crippen LogP contribution in [0.4, 0.5) is 0 Å². The highest BCUT2D eigenvalue weighted by Gasteiger charge is 2.17. The van der Waals surface area contributed by atoms with Crippen molar-refractivity contribution in [2.45, 2.75) is 39.3 Å². The van der Waals surface area contributed by atoms with Gasteiger partial charge in [0.05, 0.1) is 16.1 Å². The number of hydrogen-bond donors (Lipinski definition) is 0. The molecular formula is C30H33BrSi2. The Hall–Kier alpha value is -2.21. The van der Waals surface area contributed by atoms with Crippen molar-refractivity contribution < 1.29 is 0 Å². The largest absolute Gasteiger partial charge is 0.0775 e. The van der Waals surface area contributed by atoms with Crippen LogP contribution in [0.1, 0.15) is 0 Å². The van der Waals surface area contributed by atoms with Gasteiger partial charge in [0.2, 0.25) is 0 Å². The molecule has 0 aliphatic heterocycles. The molecule has 0 unspecified atom stereocenters. The summed E-state index contributed by atoms with van der Waals surface area (Å²) in [5.41, 5.74) is 7.56. The Balaban J connectivity index is 1.83. The average Bonchev–Trinajstić information content (AvgIpc) is 2.78. The predicted molar refractivity (Wildman–Crippen MR) is 156 cm³/mol. The van der Waals surface area contributed by atoms with Crippen molar-refractivity contribution in [2.75, 3.05) is 0 Å². The summed E-state index contributed by atoms with van der Waals surface area (Å²) >= 11 is 3.57. The lowest BCUT2D eigenvalue weighted by Gasteiger charge is -2.18. The van der Waals surface area contributed by atoms with E-state index in [1.165, 1.54) is 43.8 Å². The molecule has 0 saturated carbocycles. The van der Waals surface area contributed by atoms with E-state index in [2.05, 4.69) is 146 Å². The third-order valence-electron chi connectivity index (χ3n) is 6.28. The molecule has 0 aliphatic rings. The van der Waals surface area contributed by atoms with Crippen molar-refractivity contribution >= 4 is 42.5 Å². The normalized spacial score (nSPS) is 12.1. The van der Waals surface area contributed by atoms with Crippen LogP contribution in [0.5, 0.6) is 0 Å². The Kier molecular flexibility index (Phi) is 6.68. The van der Waals surface area contributed by atoms with E-state index in [4.69, 9.17) is 0 Å². The molecule has 168 valence electrons. The highest BCUT2D eigenvalue weighted by atomic mass is 79.9. The molecule has 4 rings (SSSR count). The molecular weight excluding hydrogens is 496 g/mol. The maximum absolute atomic E-state index is 3.57. The Morgan fingerprint density at radius 1 is 0.394 bits per heavy atom. The van der Waals surface area contributed by atoms with Gasteiger partial charge < -0.3 is 0 Å². The first-order valence-electron chi connectivity index (χ1n) is 11.6. The van der Waals surface area contributed by atoms with Gasteiger partial charge in [-0.15, -0.1) is 0 Å². The molecule has 0 atom stereocenters. The van der Waals surface area contributed by atoms with E-state index in [0.29, 0.717) is 0 Å². The fraction of sp³-hybridized carbons (Fsp3) is 0.200. The van der Waals surface area contributed by atoms with Gasteiger partial charge in [-0.25, -0.2) is 0 Å². The summed E-state index contributed by atoms with van der Waals surface area (Å²) in [6, 6.07) is 34.1. The van der Waals surface area contributed by atoms with E-state index in [0.717, 1.165) is 4.47 Å². The maximum Gasteiger partial charge on any atom is 0.0775 e. The molecule has 4 aromatic rings. The minimum atomic E-state index is -1.31. The first-order valence-corrected chi connectivity index (χ1v) is 19.4.